The first-order valence-corrected chi connectivity index (χ1v) is 8.96. The monoisotopic (exact) mass is 440 g/mol. The number of nitrogens with zero attached hydrogens (tertiary/aromatic N) is 3. The average molecular weight is 441 g/mol. The highest BCUT2D eigenvalue weighted by Gasteiger charge is 2.25. The zero-order valence-electron chi connectivity index (χ0n) is 15.0. The summed E-state index contributed by atoms with van der Waals surface area (Å²) in [4.78, 5) is 4.15. The van der Waals surface area contributed by atoms with E-state index in [-0.39, 0.29) is 0 Å². The zero-order valence-corrected chi connectivity index (χ0v) is 15.7. The fraction of sp³-hybridized carbons (Fsp3) is 0.158. The Morgan fingerprint density at radius 1 is 0.967 bits per heavy atom. The van der Waals surface area contributed by atoms with Gasteiger partial charge < -0.3 is 14.8 Å². The summed E-state index contributed by atoms with van der Waals surface area (Å²) in [6, 6.07) is 10.3. The molecular weight excluding hydrogens is 428 g/mol. The van der Waals surface area contributed by atoms with Crippen molar-refractivity contribution in [2.45, 2.75) is 19.3 Å². The molecule has 0 unspecified atom stereocenters. The van der Waals surface area contributed by atoms with Crippen LogP contribution in [0.15, 0.2) is 54.9 Å². The third-order valence-electron chi connectivity index (χ3n) is 4.30. The van der Waals surface area contributed by atoms with Crippen LogP contribution in [0, 0.1) is 0 Å². The van der Waals surface area contributed by atoms with Crippen molar-refractivity contribution in [3.8, 4) is 11.5 Å². The van der Waals surface area contributed by atoms with Gasteiger partial charge in [-0.2, -0.15) is 27.6 Å². The minimum atomic E-state index is -3.21. The van der Waals surface area contributed by atoms with Crippen molar-refractivity contribution in [2.75, 3.05) is 5.32 Å². The van der Waals surface area contributed by atoms with E-state index in [1.165, 1.54) is 23.1 Å². The fourth-order valence-electron chi connectivity index (χ4n) is 3.06. The maximum atomic E-state index is 12.8. The Morgan fingerprint density at radius 2 is 1.67 bits per heavy atom. The number of hydrogen-bond acceptors (Lipinski definition) is 5. The van der Waals surface area contributed by atoms with Crippen LogP contribution in [0.5, 0.6) is 11.5 Å². The largest absolute Gasteiger partial charge is 0.431 e. The highest BCUT2D eigenvalue weighted by atomic mass is 35.5. The Kier molecular flexibility index (Phi) is 5.49. The van der Waals surface area contributed by atoms with Crippen molar-refractivity contribution in [2.24, 2.45) is 0 Å². The third-order valence-corrected chi connectivity index (χ3v) is 4.56. The topological polar surface area (TPSA) is 61.2 Å². The first-order chi connectivity index (χ1) is 14.4. The maximum absolute atomic E-state index is 12.8. The summed E-state index contributed by atoms with van der Waals surface area (Å²) in [5.74, 6) is -0.593. The second kappa shape index (κ2) is 8.23. The molecule has 3 aromatic rings. The fourth-order valence-corrected chi connectivity index (χ4v) is 3.18. The molecule has 1 aliphatic heterocycles. The lowest BCUT2D eigenvalue weighted by Crippen LogP contribution is -2.20. The molecule has 30 heavy (non-hydrogen) atoms. The van der Waals surface area contributed by atoms with Crippen LogP contribution in [0.3, 0.4) is 0 Å². The Balaban J connectivity index is 1.76. The van der Waals surface area contributed by atoms with E-state index in [2.05, 4.69) is 24.9 Å². The number of aromatic nitrogens is 3. The summed E-state index contributed by atoms with van der Waals surface area (Å²) in [6.07, 6.45) is 3.12. The minimum absolute atomic E-state index is 0.414. The summed E-state index contributed by atoms with van der Waals surface area (Å²) < 4.78 is 61.0. The Hall–Kier alpha value is -3.27. The van der Waals surface area contributed by atoms with E-state index < -0.39 is 30.8 Å². The molecule has 0 fully saturated rings. The van der Waals surface area contributed by atoms with Gasteiger partial charge in [0.05, 0.1) is 0 Å². The molecule has 4 rings (SSSR count). The number of rotatable bonds is 6. The molecule has 2 aromatic carbocycles. The predicted octanol–water partition coefficient (Wildman–Crippen LogP) is 5.19. The number of fused-ring (bicyclic) bond motifs is 1. The number of nitrogens with one attached hydrogen (secondary N) is 1. The second-order valence-corrected chi connectivity index (χ2v) is 6.58. The lowest BCUT2D eigenvalue weighted by atomic mass is 10.0. The molecule has 0 bridgehead atoms. The Morgan fingerprint density at radius 3 is 2.37 bits per heavy atom. The average Bonchev–Trinajstić information content (AvgIpc) is 3.17. The van der Waals surface area contributed by atoms with E-state index in [1.54, 1.807) is 30.3 Å². The van der Waals surface area contributed by atoms with Crippen LogP contribution in [0.25, 0.3) is 5.70 Å². The van der Waals surface area contributed by atoms with Crippen molar-refractivity contribution in [3.05, 3.63) is 71.0 Å². The number of halogens is 5. The molecule has 1 atom stereocenters. The van der Waals surface area contributed by atoms with Gasteiger partial charge >= 0.3 is 13.2 Å². The van der Waals surface area contributed by atoms with E-state index in [0.717, 1.165) is 11.6 Å². The Bertz CT molecular complexity index is 1070. The van der Waals surface area contributed by atoms with Crippen molar-refractivity contribution in [1.82, 2.24) is 14.8 Å². The number of ether oxygens (including phenoxy) is 2. The maximum Gasteiger partial charge on any atom is 0.387 e. The van der Waals surface area contributed by atoms with E-state index in [9.17, 15) is 17.6 Å². The van der Waals surface area contributed by atoms with Crippen LogP contribution in [-0.2, 0) is 0 Å². The SMILES string of the molecule is FC(F)Oc1ccc([C@@H]2C=C(c3ccc(Cl)cc3)Nc3ncnn32)cc1OC(F)F. The van der Waals surface area contributed by atoms with Gasteiger partial charge in [0.25, 0.3) is 0 Å². The van der Waals surface area contributed by atoms with Crippen LogP contribution < -0.4 is 14.8 Å². The summed E-state index contributed by atoms with van der Waals surface area (Å²) in [5, 5.41) is 7.85. The van der Waals surface area contributed by atoms with Gasteiger partial charge in [0.2, 0.25) is 5.95 Å². The minimum Gasteiger partial charge on any atom is -0.431 e. The van der Waals surface area contributed by atoms with E-state index in [0.29, 0.717) is 22.2 Å². The first-order valence-electron chi connectivity index (χ1n) is 8.58. The highest BCUT2D eigenvalue weighted by Crippen LogP contribution is 2.37. The van der Waals surface area contributed by atoms with Gasteiger partial charge in [-0.25, -0.2) is 4.68 Å². The summed E-state index contributed by atoms with van der Waals surface area (Å²) in [7, 11) is 0. The smallest absolute Gasteiger partial charge is 0.387 e. The van der Waals surface area contributed by atoms with Gasteiger partial charge in [-0.15, -0.1) is 0 Å². The summed E-state index contributed by atoms with van der Waals surface area (Å²) >= 11 is 5.94. The lowest BCUT2D eigenvalue weighted by molar-refractivity contribution is -0.0692. The highest BCUT2D eigenvalue weighted by molar-refractivity contribution is 6.30. The molecule has 1 aromatic heterocycles. The predicted molar refractivity (Wildman–Crippen MR) is 101 cm³/mol. The van der Waals surface area contributed by atoms with Gasteiger partial charge in [0, 0.05) is 10.7 Å². The molecule has 0 radical (unpaired) electrons. The van der Waals surface area contributed by atoms with Crippen molar-refractivity contribution in [1.29, 1.82) is 0 Å². The quantitative estimate of drug-likeness (QED) is 0.534. The van der Waals surface area contributed by atoms with E-state index in [4.69, 9.17) is 11.6 Å². The van der Waals surface area contributed by atoms with Crippen LogP contribution >= 0.6 is 11.6 Å². The summed E-state index contributed by atoms with van der Waals surface area (Å²) in [5.41, 5.74) is 1.94. The molecule has 0 saturated heterocycles. The van der Waals surface area contributed by atoms with Gasteiger partial charge in [0.15, 0.2) is 11.5 Å². The Labute approximate surface area is 172 Å². The molecular formula is C19H13ClF4N4O2. The number of allylic oxidation sites excluding steroid dienone is 1. The molecule has 1 aliphatic rings. The molecule has 0 spiro atoms. The second-order valence-electron chi connectivity index (χ2n) is 6.15. The van der Waals surface area contributed by atoms with Crippen molar-refractivity contribution < 1.29 is 27.0 Å². The normalized spacial score (nSPS) is 15.6. The van der Waals surface area contributed by atoms with Gasteiger partial charge in [-0.3, -0.25) is 0 Å². The van der Waals surface area contributed by atoms with Gasteiger partial charge in [-0.1, -0.05) is 29.8 Å². The molecule has 156 valence electrons. The molecule has 11 heteroatoms. The van der Waals surface area contributed by atoms with Gasteiger partial charge in [0.1, 0.15) is 12.4 Å². The molecule has 6 nitrogen and oxygen atoms in total. The lowest BCUT2D eigenvalue weighted by Gasteiger charge is -2.25. The molecule has 1 N–H and O–H groups in total. The van der Waals surface area contributed by atoms with Gasteiger partial charge in [-0.05, 0) is 41.5 Å². The number of alkyl halides is 4. The number of anilines is 1. The number of hydrogen-bond donors (Lipinski definition) is 1. The molecule has 2 heterocycles. The van der Waals surface area contributed by atoms with Crippen molar-refractivity contribution in [3.63, 3.8) is 0 Å². The van der Waals surface area contributed by atoms with Crippen LogP contribution in [-0.4, -0.2) is 28.0 Å². The molecule has 0 saturated carbocycles. The van der Waals surface area contributed by atoms with E-state index in [1.807, 2.05) is 0 Å². The standard InChI is InChI=1S/C19H13ClF4N4O2/c20-12-4-1-10(2-5-12)13-8-14(28-19(27-13)25-9-26-28)11-3-6-15(29-17(21)22)16(7-11)30-18(23)24/h1-9,14,17-18H,(H,25,26,27)/t14-/m0/s1. The first kappa shape index (κ1) is 20.0. The number of benzene rings is 2. The zero-order chi connectivity index (χ0) is 21.3. The van der Waals surface area contributed by atoms with Crippen LogP contribution in [0.2, 0.25) is 5.02 Å². The van der Waals surface area contributed by atoms with E-state index >= 15 is 0 Å². The molecule has 0 amide bonds. The third kappa shape index (κ3) is 4.18. The molecule has 0 aliphatic carbocycles. The van der Waals surface area contributed by atoms with Crippen LogP contribution in [0.1, 0.15) is 17.2 Å². The van der Waals surface area contributed by atoms with Crippen molar-refractivity contribution >= 4 is 23.2 Å². The summed E-state index contributed by atoms with van der Waals surface area (Å²) in [6.45, 7) is -6.40. The van der Waals surface area contributed by atoms with Crippen LogP contribution in [0.4, 0.5) is 23.5 Å².